The van der Waals surface area contributed by atoms with Crippen LogP contribution >= 0.6 is 11.6 Å². The van der Waals surface area contributed by atoms with Crippen LogP contribution in [0.3, 0.4) is 0 Å². The third-order valence-corrected chi connectivity index (χ3v) is 2.36. The Labute approximate surface area is 88.2 Å². The number of nitrogens with one attached hydrogen (secondary N) is 1. The average molecular weight is 216 g/mol. The first kappa shape index (κ1) is 11.0. The van der Waals surface area contributed by atoms with Gasteiger partial charge in [0.1, 0.15) is 5.69 Å². The molecule has 1 rings (SSSR count). The predicted molar refractivity (Wildman–Crippen MR) is 55.7 cm³/mol. The zero-order valence-electron chi connectivity index (χ0n) is 8.59. The van der Waals surface area contributed by atoms with Crippen LogP contribution in [0.4, 0.5) is 0 Å². The molecule has 0 bridgehead atoms. The molecule has 0 aliphatic carbocycles. The molecule has 0 aromatic carbocycles. The van der Waals surface area contributed by atoms with Crippen LogP contribution in [0.5, 0.6) is 0 Å². The fraction of sp³-hybridized carbons (Fsp3) is 0.556. The van der Waals surface area contributed by atoms with E-state index in [1.54, 1.807) is 11.6 Å². The maximum Gasteiger partial charge on any atom is 0.271 e. The Kier molecular flexibility index (Phi) is 3.52. The number of aromatic nitrogens is 2. The van der Waals surface area contributed by atoms with Crippen molar-refractivity contribution >= 4 is 17.5 Å². The normalized spacial score (nSPS) is 10.3. The monoisotopic (exact) mass is 215 g/mol. The lowest BCUT2D eigenvalue weighted by molar-refractivity contribution is 0.0945. The number of aryl methyl sites for hydroxylation is 2. The standard InChI is InChI=1S/C9H14ClN3O/c1-4-11-9(14)8-7(10)6(3)12-13(8)5-2/h4-5H2,1-3H3,(H,11,14). The predicted octanol–water partition coefficient (Wildman–Crippen LogP) is 1.61. The van der Waals surface area contributed by atoms with Gasteiger partial charge in [0.25, 0.3) is 5.91 Å². The number of halogens is 1. The molecule has 5 heteroatoms. The Morgan fingerprint density at radius 2 is 2.21 bits per heavy atom. The number of hydrogen-bond donors (Lipinski definition) is 1. The maximum atomic E-state index is 11.6. The van der Waals surface area contributed by atoms with Gasteiger partial charge in [0.05, 0.1) is 10.7 Å². The van der Waals surface area contributed by atoms with Crippen LogP contribution in [0.15, 0.2) is 0 Å². The van der Waals surface area contributed by atoms with Crippen LogP contribution in [0, 0.1) is 6.92 Å². The van der Waals surface area contributed by atoms with E-state index in [0.29, 0.717) is 29.5 Å². The zero-order valence-corrected chi connectivity index (χ0v) is 9.35. The smallest absolute Gasteiger partial charge is 0.271 e. The highest BCUT2D eigenvalue weighted by atomic mass is 35.5. The average Bonchev–Trinajstić information content (AvgIpc) is 2.43. The molecule has 0 fully saturated rings. The maximum absolute atomic E-state index is 11.6. The molecular weight excluding hydrogens is 202 g/mol. The van der Waals surface area contributed by atoms with E-state index < -0.39 is 0 Å². The van der Waals surface area contributed by atoms with E-state index in [0.717, 1.165) is 0 Å². The van der Waals surface area contributed by atoms with Crippen molar-refractivity contribution < 1.29 is 4.79 Å². The number of rotatable bonds is 3. The van der Waals surface area contributed by atoms with Crippen molar-refractivity contribution in [1.29, 1.82) is 0 Å². The number of nitrogens with zero attached hydrogens (tertiary/aromatic N) is 2. The summed E-state index contributed by atoms with van der Waals surface area (Å²) in [5.41, 5.74) is 1.14. The Hall–Kier alpha value is -1.03. The number of carbonyl (C=O) groups is 1. The second-order valence-corrected chi connectivity index (χ2v) is 3.30. The lowest BCUT2D eigenvalue weighted by Gasteiger charge is -2.04. The largest absolute Gasteiger partial charge is 0.351 e. The van der Waals surface area contributed by atoms with Gasteiger partial charge in [-0.25, -0.2) is 0 Å². The van der Waals surface area contributed by atoms with Gasteiger partial charge in [0, 0.05) is 13.1 Å². The number of carbonyl (C=O) groups excluding carboxylic acids is 1. The summed E-state index contributed by atoms with van der Waals surface area (Å²) in [5.74, 6) is -0.167. The quantitative estimate of drug-likeness (QED) is 0.833. The highest BCUT2D eigenvalue weighted by Crippen LogP contribution is 2.19. The fourth-order valence-corrected chi connectivity index (χ4v) is 1.47. The van der Waals surface area contributed by atoms with E-state index in [2.05, 4.69) is 10.4 Å². The van der Waals surface area contributed by atoms with E-state index in [4.69, 9.17) is 11.6 Å². The van der Waals surface area contributed by atoms with Gasteiger partial charge in [-0.2, -0.15) is 5.10 Å². The van der Waals surface area contributed by atoms with Crippen molar-refractivity contribution in [2.75, 3.05) is 6.54 Å². The Balaban J connectivity index is 3.10. The highest BCUT2D eigenvalue weighted by Gasteiger charge is 2.18. The molecule has 4 nitrogen and oxygen atoms in total. The van der Waals surface area contributed by atoms with Gasteiger partial charge in [-0.3, -0.25) is 9.48 Å². The van der Waals surface area contributed by atoms with Gasteiger partial charge >= 0.3 is 0 Å². The van der Waals surface area contributed by atoms with Gasteiger partial charge in [-0.1, -0.05) is 11.6 Å². The second kappa shape index (κ2) is 4.46. The molecule has 1 heterocycles. The topological polar surface area (TPSA) is 46.9 Å². The minimum absolute atomic E-state index is 0.167. The summed E-state index contributed by atoms with van der Waals surface area (Å²) < 4.78 is 1.61. The minimum Gasteiger partial charge on any atom is -0.351 e. The van der Waals surface area contributed by atoms with Crippen LogP contribution in [0.2, 0.25) is 5.02 Å². The molecule has 0 unspecified atom stereocenters. The lowest BCUT2D eigenvalue weighted by Crippen LogP contribution is -2.25. The van der Waals surface area contributed by atoms with Gasteiger partial charge in [-0.15, -0.1) is 0 Å². The molecule has 0 saturated heterocycles. The first-order valence-corrected chi connectivity index (χ1v) is 5.00. The minimum atomic E-state index is -0.167. The van der Waals surface area contributed by atoms with Crippen LogP contribution < -0.4 is 5.32 Å². The summed E-state index contributed by atoms with van der Waals surface area (Å²) in [7, 11) is 0. The molecule has 14 heavy (non-hydrogen) atoms. The SMILES string of the molecule is CCNC(=O)c1c(Cl)c(C)nn1CC. The summed E-state index contributed by atoms with van der Waals surface area (Å²) in [4.78, 5) is 11.6. The van der Waals surface area contributed by atoms with Crippen molar-refractivity contribution in [3.63, 3.8) is 0 Å². The van der Waals surface area contributed by atoms with Gasteiger partial charge in [0.15, 0.2) is 0 Å². The summed E-state index contributed by atoms with van der Waals surface area (Å²) in [5, 5.41) is 7.30. The summed E-state index contributed by atoms with van der Waals surface area (Å²) >= 11 is 5.98. The van der Waals surface area contributed by atoms with E-state index in [1.807, 2.05) is 13.8 Å². The molecule has 1 N–H and O–H groups in total. The molecule has 0 aliphatic rings. The van der Waals surface area contributed by atoms with E-state index in [1.165, 1.54) is 0 Å². The molecule has 0 radical (unpaired) electrons. The molecule has 0 atom stereocenters. The lowest BCUT2D eigenvalue weighted by atomic mass is 10.3. The van der Waals surface area contributed by atoms with Crippen LogP contribution in [0.25, 0.3) is 0 Å². The number of hydrogen-bond acceptors (Lipinski definition) is 2. The zero-order chi connectivity index (χ0) is 10.7. The molecular formula is C9H14ClN3O. The van der Waals surface area contributed by atoms with E-state index in [9.17, 15) is 4.79 Å². The van der Waals surface area contributed by atoms with Crippen molar-refractivity contribution in [3.8, 4) is 0 Å². The van der Waals surface area contributed by atoms with Crippen LogP contribution in [-0.2, 0) is 6.54 Å². The fourth-order valence-electron chi connectivity index (χ4n) is 1.25. The molecule has 0 saturated carbocycles. The molecule has 1 aromatic heterocycles. The summed E-state index contributed by atoms with van der Waals surface area (Å²) in [6.45, 7) is 6.80. The van der Waals surface area contributed by atoms with Crippen molar-refractivity contribution in [2.24, 2.45) is 0 Å². The Bertz CT molecular complexity index is 346. The van der Waals surface area contributed by atoms with Crippen LogP contribution in [0.1, 0.15) is 30.0 Å². The molecule has 0 spiro atoms. The second-order valence-electron chi connectivity index (χ2n) is 2.92. The third kappa shape index (κ3) is 1.90. The third-order valence-electron chi connectivity index (χ3n) is 1.91. The summed E-state index contributed by atoms with van der Waals surface area (Å²) in [6, 6.07) is 0. The van der Waals surface area contributed by atoms with Crippen molar-refractivity contribution in [3.05, 3.63) is 16.4 Å². The van der Waals surface area contributed by atoms with Gasteiger partial charge < -0.3 is 5.32 Å². The van der Waals surface area contributed by atoms with Gasteiger partial charge in [-0.05, 0) is 20.8 Å². The first-order valence-electron chi connectivity index (χ1n) is 4.62. The summed E-state index contributed by atoms with van der Waals surface area (Å²) in [6.07, 6.45) is 0. The van der Waals surface area contributed by atoms with E-state index in [-0.39, 0.29) is 5.91 Å². The molecule has 78 valence electrons. The molecule has 1 amide bonds. The Morgan fingerprint density at radius 3 is 2.71 bits per heavy atom. The van der Waals surface area contributed by atoms with Crippen LogP contribution in [-0.4, -0.2) is 22.2 Å². The number of amides is 1. The van der Waals surface area contributed by atoms with E-state index >= 15 is 0 Å². The van der Waals surface area contributed by atoms with Crippen molar-refractivity contribution in [2.45, 2.75) is 27.3 Å². The Morgan fingerprint density at radius 1 is 1.57 bits per heavy atom. The first-order chi connectivity index (χ1) is 6.61. The molecule has 0 aliphatic heterocycles. The highest BCUT2D eigenvalue weighted by molar-refractivity contribution is 6.34. The molecule has 1 aromatic rings. The van der Waals surface area contributed by atoms with Crippen molar-refractivity contribution in [1.82, 2.24) is 15.1 Å². The van der Waals surface area contributed by atoms with Gasteiger partial charge in [0.2, 0.25) is 0 Å².